The van der Waals surface area contributed by atoms with Crippen LogP contribution in [-0.2, 0) is 30.3 Å². The van der Waals surface area contributed by atoms with Crippen LogP contribution < -0.4 is 0 Å². The topological polar surface area (TPSA) is 18.5 Å². The Morgan fingerprint density at radius 2 is 0.889 bits per heavy atom. The predicted molar refractivity (Wildman–Crippen MR) is 147 cm³/mol. The SMILES string of the molecule is COC1=CC=C[C]2[C]1[C]1C=CC=C[C]1[C]2[Si](C)(C)[C]1[C]2C=CC=C[C]2[C]2[C]1C=CC=C2OC.[Cl][Zr+2][Cl]. The van der Waals surface area contributed by atoms with Crippen molar-refractivity contribution < 1.29 is 30.3 Å². The molecule has 0 aliphatic heterocycles. The van der Waals surface area contributed by atoms with Gasteiger partial charge in [-0.25, -0.2) is 0 Å². The summed E-state index contributed by atoms with van der Waals surface area (Å²) in [6, 6.07) is 0. The van der Waals surface area contributed by atoms with Crippen molar-refractivity contribution >= 4 is 25.1 Å². The molecule has 36 heavy (non-hydrogen) atoms. The van der Waals surface area contributed by atoms with E-state index in [0.717, 1.165) is 11.5 Å². The molecule has 178 valence electrons. The molecule has 2 saturated carbocycles. The molecule has 2 nitrogen and oxygen atoms in total. The Morgan fingerprint density at radius 1 is 0.556 bits per heavy atom. The van der Waals surface area contributed by atoms with Crippen LogP contribution in [0.15, 0.2) is 96.6 Å². The van der Waals surface area contributed by atoms with E-state index in [4.69, 9.17) is 26.5 Å². The molecule has 2 fully saturated rings. The van der Waals surface area contributed by atoms with Crippen LogP contribution in [0.3, 0.4) is 0 Å². The first-order valence-electron chi connectivity index (χ1n) is 11.7. The van der Waals surface area contributed by atoms with Gasteiger partial charge in [0.2, 0.25) is 0 Å². The molecule has 0 aromatic rings. The van der Waals surface area contributed by atoms with Crippen molar-refractivity contribution in [2.45, 2.75) is 13.1 Å². The van der Waals surface area contributed by atoms with E-state index in [0.29, 0.717) is 0 Å². The fourth-order valence-corrected chi connectivity index (χ4v) is 9.77. The minimum atomic E-state index is -2.19. The number of hydrogen-bond donors (Lipinski definition) is 0. The molecule has 6 aliphatic rings. The number of fused-ring (bicyclic) bond motifs is 6. The molecule has 0 aromatic heterocycles. The average Bonchev–Trinajstić information content (AvgIpc) is 3.43. The van der Waals surface area contributed by atoms with Crippen molar-refractivity contribution in [1.29, 1.82) is 0 Å². The predicted octanol–water partition coefficient (Wildman–Crippen LogP) is 7.37. The molecule has 6 aliphatic carbocycles. The molecule has 0 aromatic carbocycles. The van der Waals surface area contributed by atoms with Gasteiger partial charge in [-0.15, -0.1) is 0 Å². The Hall–Kier alpha value is -0.800. The molecule has 0 N–H and O–H groups in total. The first-order chi connectivity index (χ1) is 17.5. The van der Waals surface area contributed by atoms with Crippen molar-refractivity contribution in [2.75, 3.05) is 14.2 Å². The third-order valence-corrected chi connectivity index (χ3v) is 10.8. The zero-order valence-corrected chi connectivity index (χ0v) is 25.6. The number of halogens is 2. The summed E-state index contributed by atoms with van der Waals surface area (Å²) in [5.41, 5.74) is 2.96. The van der Waals surface area contributed by atoms with E-state index < -0.39 is 28.9 Å². The summed E-state index contributed by atoms with van der Waals surface area (Å²) < 4.78 is 11.6. The third-order valence-electron chi connectivity index (χ3n) is 7.21. The van der Waals surface area contributed by atoms with Crippen molar-refractivity contribution in [3.05, 3.63) is 155 Å². The van der Waals surface area contributed by atoms with E-state index in [1.807, 2.05) is 0 Å². The summed E-state index contributed by atoms with van der Waals surface area (Å²) in [6.45, 7) is 4.99. The summed E-state index contributed by atoms with van der Waals surface area (Å²) in [5.74, 6) is 12.2. The van der Waals surface area contributed by atoms with Crippen LogP contribution in [0, 0.1) is 58.4 Å². The van der Waals surface area contributed by atoms with Crippen LogP contribution in [0.5, 0.6) is 0 Å². The monoisotopic (exact) mass is 606 g/mol. The summed E-state index contributed by atoms with van der Waals surface area (Å²) in [7, 11) is 11.2. The number of rotatable bonds is 4. The van der Waals surface area contributed by atoms with Crippen LogP contribution in [0.25, 0.3) is 0 Å². The average molecular weight is 609 g/mol. The molecule has 0 saturated heterocycles. The molecule has 0 spiro atoms. The van der Waals surface area contributed by atoms with E-state index in [1.54, 1.807) is 14.2 Å². The van der Waals surface area contributed by atoms with Gasteiger partial charge in [0, 0.05) is 35.5 Å². The van der Waals surface area contributed by atoms with E-state index in [2.05, 4.69) is 98.2 Å². The Kier molecular flexibility index (Phi) is 8.28. The zero-order chi connectivity index (χ0) is 25.4. The minimum absolute atomic E-state index is 0.826. The molecule has 6 rings (SSSR count). The number of methoxy groups -OCH3 is 2. The number of hydrogen-bond acceptors (Lipinski definition) is 2. The van der Waals surface area contributed by atoms with Gasteiger partial charge < -0.3 is 9.47 Å². The second kappa shape index (κ2) is 11.1. The molecular weight excluding hydrogens is 583 g/mol. The molecule has 0 heterocycles. The van der Waals surface area contributed by atoms with Crippen LogP contribution in [0.4, 0.5) is 0 Å². The fraction of sp³-hybridized carbons (Fsp3) is 0.133. The first kappa shape index (κ1) is 26.8. The zero-order valence-electron chi connectivity index (χ0n) is 20.7. The fourth-order valence-electron chi connectivity index (χ4n) is 5.97. The molecule has 0 unspecified atom stereocenters. The van der Waals surface area contributed by atoms with Gasteiger partial charge in [0.05, 0.1) is 34.1 Å². The van der Waals surface area contributed by atoms with Gasteiger partial charge in [-0.3, -0.25) is 0 Å². The van der Waals surface area contributed by atoms with Gasteiger partial charge in [-0.05, 0) is 23.2 Å². The van der Waals surface area contributed by atoms with Crippen LogP contribution in [0.2, 0.25) is 13.1 Å². The molecule has 10 radical (unpaired) electrons. The Labute approximate surface area is 236 Å². The second-order valence-corrected chi connectivity index (χ2v) is 17.3. The molecule has 0 bridgehead atoms. The van der Waals surface area contributed by atoms with E-state index >= 15 is 0 Å². The van der Waals surface area contributed by atoms with Crippen molar-refractivity contribution in [3.8, 4) is 0 Å². The number of allylic oxidation sites excluding steroid dienone is 16. The van der Waals surface area contributed by atoms with Crippen LogP contribution >= 0.6 is 17.0 Å². The van der Waals surface area contributed by atoms with Gasteiger partial charge in [0.1, 0.15) is 11.5 Å². The summed E-state index contributed by atoms with van der Waals surface area (Å²) in [4.78, 5) is 0. The maximum absolute atomic E-state index is 5.82. The molecule has 0 amide bonds. The Bertz CT molecular complexity index is 1000. The number of ether oxygens (including phenoxy) is 2. The summed E-state index contributed by atoms with van der Waals surface area (Å²) >= 11 is -0.826. The Morgan fingerprint density at radius 3 is 1.25 bits per heavy atom. The van der Waals surface area contributed by atoms with E-state index in [9.17, 15) is 0 Å². The van der Waals surface area contributed by atoms with E-state index in [1.165, 1.54) is 58.4 Å². The standard InChI is InChI=1S/C30H26O2Si.2ClH.Zr/c1-31-25-17-9-15-23-27(25)19-11-5-7-13-21(19)29(23)33(3,4)30-22-14-8-6-12-20(22)28-24(30)16-10-18-26(28)32-2;;;/h5-18H,1-4H3;2*1H;/q;;;+4/p-2. The summed E-state index contributed by atoms with van der Waals surface area (Å²) in [6.07, 6.45) is 30.6. The quantitative estimate of drug-likeness (QED) is 0.310. The van der Waals surface area contributed by atoms with Gasteiger partial charge in [0.25, 0.3) is 0 Å². The van der Waals surface area contributed by atoms with Crippen LogP contribution in [0.1, 0.15) is 0 Å². The van der Waals surface area contributed by atoms with Crippen molar-refractivity contribution in [2.24, 2.45) is 0 Å². The van der Waals surface area contributed by atoms with Crippen LogP contribution in [-0.4, -0.2) is 22.3 Å². The summed E-state index contributed by atoms with van der Waals surface area (Å²) in [5, 5.41) is 0. The van der Waals surface area contributed by atoms with Gasteiger partial charge in [-0.1, -0.05) is 86.0 Å². The molecule has 0 atom stereocenters. The molecular formula is C30H26Cl2O2SiZr+2. The second-order valence-electron chi connectivity index (χ2n) is 9.30. The van der Waals surface area contributed by atoms with Gasteiger partial charge in [0.15, 0.2) is 0 Å². The van der Waals surface area contributed by atoms with Gasteiger partial charge in [-0.2, -0.15) is 0 Å². The Balaban J connectivity index is 0.000000848. The first-order valence-corrected chi connectivity index (χ1v) is 21.1. The van der Waals surface area contributed by atoms with Crippen molar-refractivity contribution in [1.82, 2.24) is 0 Å². The molecule has 6 heteroatoms. The van der Waals surface area contributed by atoms with E-state index in [-0.39, 0.29) is 0 Å². The van der Waals surface area contributed by atoms with Crippen molar-refractivity contribution in [3.63, 3.8) is 0 Å². The third kappa shape index (κ3) is 4.33. The normalized spacial score (nSPS) is 25.6. The maximum atomic E-state index is 5.82. The van der Waals surface area contributed by atoms with Gasteiger partial charge >= 0.3 is 37.9 Å².